The van der Waals surface area contributed by atoms with Crippen LogP contribution in [0.2, 0.25) is 0 Å². The molecule has 1 fully saturated rings. The Morgan fingerprint density at radius 1 is 1.15 bits per heavy atom. The van der Waals surface area contributed by atoms with Crippen LogP contribution in [0.25, 0.3) is 0 Å². The molecular formula is C31H47O7P. The number of aryl methyl sites for hydroxylation is 1. The highest BCUT2D eigenvalue weighted by Crippen LogP contribution is 2.54. The third-order valence-corrected chi connectivity index (χ3v) is 9.08. The Kier molecular flexibility index (Phi) is 11.4. The number of esters is 1. The maximum atomic E-state index is 13.6. The number of carbonyl (C=O) groups excluding carboxylic acids is 1. The van der Waals surface area contributed by atoms with Crippen molar-refractivity contribution in [3.05, 3.63) is 47.1 Å². The van der Waals surface area contributed by atoms with Crippen molar-refractivity contribution in [3.8, 4) is 11.5 Å². The van der Waals surface area contributed by atoms with Crippen molar-refractivity contribution in [1.82, 2.24) is 0 Å². The van der Waals surface area contributed by atoms with Gasteiger partial charge in [-0.05, 0) is 88.8 Å². The topological polar surface area (TPSA) is 102 Å². The molecule has 0 heterocycles. The molecule has 1 saturated carbocycles. The first-order valence-corrected chi connectivity index (χ1v) is 16.1. The van der Waals surface area contributed by atoms with Crippen LogP contribution in [0.5, 0.6) is 11.5 Å². The van der Waals surface area contributed by atoms with Crippen LogP contribution in [-0.4, -0.2) is 28.2 Å². The van der Waals surface area contributed by atoms with Crippen LogP contribution >= 0.6 is 7.82 Å². The van der Waals surface area contributed by atoms with E-state index in [9.17, 15) is 19.4 Å². The van der Waals surface area contributed by atoms with E-state index in [2.05, 4.69) is 26.5 Å². The van der Waals surface area contributed by atoms with Crippen LogP contribution in [-0.2, 0) is 24.8 Å². The summed E-state index contributed by atoms with van der Waals surface area (Å²) in [6, 6.07) is 3.61. The van der Waals surface area contributed by atoms with Crippen LogP contribution in [0.3, 0.4) is 0 Å². The van der Waals surface area contributed by atoms with Gasteiger partial charge < -0.3 is 14.7 Å². The van der Waals surface area contributed by atoms with Crippen LogP contribution in [0.15, 0.2) is 35.9 Å². The van der Waals surface area contributed by atoms with Gasteiger partial charge in [0.1, 0.15) is 11.5 Å². The van der Waals surface area contributed by atoms with Crippen LogP contribution in [0.4, 0.5) is 0 Å². The molecular weight excluding hydrogens is 515 g/mol. The Morgan fingerprint density at radius 2 is 1.85 bits per heavy atom. The number of aromatic hydroxyl groups is 1. The van der Waals surface area contributed by atoms with Crippen molar-refractivity contribution in [2.24, 2.45) is 5.92 Å². The molecule has 0 aromatic heterocycles. The van der Waals surface area contributed by atoms with E-state index < -0.39 is 19.4 Å². The number of unbranched alkanes of at least 4 members (excludes halogenated alkanes) is 4. The summed E-state index contributed by atoms with van der Waals surface area (Å²) in [6.07, 6.45) is 11.4. The van der Waals surface area contributed by atoms with Crippen molar-refractivity contribution >= 4 is 13.8 Å². The van der Waals surface area contributed by atoms with Crippen molar-refractivity contribution in [2.75, 3.05) is 6.61 Å². The van der Waals surface area contributed by atoms with Crippen molar-refractivity contribution in [3.63, 3.8) is 0 Å². The molecule has 0 bridgehead atoms. The maximum Gasteiger partial charge on any atom is 0.473 e. The summed E-state index contributed by atoms with van der Waals surface area (Å²) in [7, 11) is -4.46. The number of phosphoric ester groups is 1. The number of carbonyl (C=O) groups is 1. The Hall–Kier alpha value is -1.92. The fourth-order valence-corrected chi connectivity index (χ4v) is 6.63. The minimum atomic E-state index is -4.46. The molecule has 0 radical (unpaired) electrons. The monoisotopic (exact) mass is 562 g/mol. The van der Waals surface area contributed by atoms with Gasteiger partial charge in [-0.25, -0.2) is 9.36 Å². The second kappa shape index (κ2) is 14.1. The Labute approximate surface area is 234 Å². The molecule has 0 saturated heterocycles. The summed E-state index contributed by atoms with van der Waals surface area (Å²) in [5.74, 6) is -0.473. The van der Waals surface area contributed by atoms with E-state index in [0.717, 1.165) is 62.5 Å². The SMILES string of the molecule is C=C(C)[C@@H]1CCC(C)=C[C@H]1c1c(O)cc(CCCCC)cc1OC(=O)C1(OP(=O)(O)OCCCCC)CCC1. The smallest absolute Gasteiger partial charge is 0.473 e. The number of hydrogen-bond donors (Lipinski definition) is 2. The zero-order valence-electron chi connectivity index (χ0n) is 24.2. The van der Waals surface area contributed by atoms with Gasteiger partial charge in [0.2, 0.25) is 0 Å². The van der Waals surface area contributed by atoms with E-state index in [1.807, 2.05) is 19.9 Å². The molecule has 39 heavy (non-hydrogen) atoms. The summed E-state index contributed by atoms with van der Waals surface area (Å²) in [5, 5.41) is 11.3. The zero-order valence-corrected chi connectivity index (χ0v) is 25.1. The lowest BCUT2D eigenvalue weighted by Crippen LogP contribution is -2.49. The van der Waals surface area contributed by atoms with Gasteiger partial charge in [-0.2, -0.15) is 0 Å². The van der Waals surface area contributed by atoms with E-state index in [0.29, 0.717) is 18.4 Å². The van der Waals surface area contributed by atoms with Crippen molar-refractivity contribution < 1.29 is 33.1 Å². The summed E-state index contributed by atoms with van der Waals surface area (Å²) in [4.78, 5) is 24.0. The number of allylic oxidation sites excluding steroid dienone is 3. The second-order valence-corrected chi connectivity index (χ2v) is 12.7. The number of phenolic OH excluding ortho intramolecular Hbond substituents is 1. The maximum absolute atomic E-state index is 13.6. The van der Waals surface area contributed by atoms with Gasteiger partial charge in [-0.1, -0.05) is 63.3 Å². The quantitative estimate of drug-likeness (QED) is 0.0729. The number of hydrogen-bond acceptors (Lipinski definition) is 6. The van der Waals surface area contributed by atoms with E-state index in [4.69, 9.17) is 13.8 Å². The third-order valence-electron chi connectivity index (χ3n) is 7.99. The number of rotatable bonds is 15. The number of benzene rings is 1. The molecule has 7 nitrogen and oxygen atoms in total. The average Bonchev–Trinajstić information content (AvgIpc) is 2.84. The van der Waals surface area contributed by atoms with Gasteiger partial charge in [-0.15, -0.1) is 0 Å². The highest BCUT2D eigenvalue weighted by molar-refractivity contribution is 7.47. The van der Waals surface area contributed by atoms with E-state index in [1.54, 1.807) is 6.07 Å². The second-order valence-electron chi connectivity index (χ2n) is 11.4. The van der Waals surface area contributed by atoms with E-state index >= 15 is 0 Å². The molecule has 0 aliphatic heterocycles. The molecule has 218 valence electrons. The number of phenols is 1. The first kappa shape index (κ1) is 31.6. The number of ether oxygens (including phenoxy) is 1. The Morgan fingerprint density at radius 3 is 2.46 bits per heavy atom. The molecule has 2 aliphatic rings. The van der Waals surface area contributed by atoms with Gasteiger partial charge in [0.15, 0.2) is 5.60 Å². The molecule has 1 unspecified atom stereocenters. The zero-order chi connectivity index (χ0) is 28.6. The highest BCUT2D eigenvalue weighted by atomic mass is 31.2. The van der Waals surface area contributed by atoms with Gasteiger partial charge in [0.25, 0.3) is 0 Å². The Balaban J connectivity index is 1.93. The Bertz CT molecular complexity index is 1090. The lowest BCUT2D eigenvalue weighted by atomic mass is 9.73. The molecule has 1 aromatic carbocycles. The number of phosphoric acid groups is 1. The molecule has 2 N–H and O–H groups in total. The largest absolute Gasteiger partial charge is 0.507 e. The third kappa shape index (κ3) is 8.29. The average molecular weight is 563 g/mol. The minimum absolute atomic E-state index is 0.0836. The molecule has 0 spiro atoms. The lowest BCUT2D eigenvalue weighted by molar-refractivity contribution is -0.162. The fourth-order valence-electron chi connectivity index (χ4n) is 5.52. The molecule has 2 aliphatic carbocycles. The normalized spacial score (nSPS) is 21.9. The summed E-state index contributed by atoms with van der Waals surface area (Å²) < 4.78 is 29.4. The van der Waals surface area contributed by atoms with Crippen LogP contribution < -0.4 is 4.74 Å². The van der Waals surface area contributed by atoms with E-state index in [1.165, 1.54) is 5.57 Å². The molecule has 3 atom stereocenters. The summed E-state index contributed by atoms with van der Waals surface area (Å²) in [5.41, 5.74) is 2.10. The van der Waals surface area contributed by atoms with E-state index in [-0.39, 0.29) is 42.8 Å². The molecule has 1 aromatic rings. The highest BCUT2D eigenvalue weighted by Gasteiger charge is 2.52. The summed E-state index contributed by atoms with van der Waals surface area (Å²) >= 11 is 0. The first-order valence-electron chi connectivity index (χ1n) is 14.6. The fraction of sp³-hybridized carbons (Fsp3) is 0.645. The summed E-state index contributed by atoms with van der Waals surface area (Å²) in [6.45, 7) is 12.5. The van der Waals surface area contributed by atoms with Crippen molar-refractivity contribution in [1.29, 1.82) is 0 Å². The van der Waals surface area contributed by atoms with Gasteiger partial charge in [-0.3, -0.25) is 9.05 Å². The first-order chi connectivity index (χ1) is 18.5. The van der Waals surface area contributed by atoms with Crippen molar-refractivity contribution in [2.45, 2.75) is 116 Å². The predicted molar refractivity (Wildman–Crippen MR) is 154 cm³/mol. The standard InChI is InChI=1S/C31H47O7P/c1-6-8-10-13-24-20-27(32)29(26-19-23(5)14-15-25(26)22(3)4)28(21-24)37-30(33)31(16-12-17-31)38-39(34,35)36-18-11-9-7-2/h19-21,25-26,32H,3,6-18H2,1-2,4-5H3,(H,34,35)/t25-,26+/m0/s1. The minimum Gasteiger partial charge on any atom is -0.507 e. The van der Waals surface area contributed by atoms with Gasteiger partial charge >= 0.3 is 13.8 Å². The molecule has 0 amide bonds. The lowest BCUT2D eigenvalue weighted by Gasteiger charge is -2.39. The molecule has 3 rings (SSSR count). The van der Waals surface area contributed by atoms with Gasteiger partial charge in [0.05, 0.1) is 6.61 Å². The predicted octanol–water partition coefficient (Wildman–Crippen LogP) is 8.29. The van der Waals surface area contributed by atoms with Gasteiger partial charge in [0, 0.05) is 11.5 Å². The van der Waals surface area contributed by atoms with Crippen LogP contribution in [0.1, 0.15) is 115 Å². The molecule has 8 heteroatoms. The van der Waals surface area contributed by atoms with Crippen LogP contribution in [0, 0.1) is 5.92 Å².